The number of aliphatic imine (C=N–C) groups is 1. The number of quaternary nitrogens is 1. The number of hydrogen-bond donors (Lipinski definition) is 2. The van der Waals surface area contributed by atoms with E-state index < -0.39 is 5.97 Å². The first-order valence-electron chi connectivity index (χ1n) is 12.8. The van der Waals surface area contributed by atoms with Crippen molar-refractivity contribution in [1.29, 1.82) is 0 Å². The molecule has 0 amide bonds. The number of allylic oxidation sites excluding steroid dienone is 2. The highest BCUT2D eigenvalue weighted by Crippen LogP contribution is 2.21. The molecule has 1 atom stereocenters. The molecule has 1 unspecified atom stereocenters. The predicted molar refractivity (Wildman–Crippen MR) is 132 cm³/mol. The van der Waals surface area contributed by atoms with Gasteiger partial charge in [-0.2, -0.15) is 0 Å². The van der Waals surface area contributed by atoms with Crippen molar-refractivity contribution in [3.05, 3.63) is 24.6 Å². The topological polar surface area (TPSA) is 75.7 Å². The van der Waals surface area contributed by atoms with E-state index >= 15 is 0 Å². The van der Waals surface area contributed by atoms with Crippen LogP contribution in [0.4, 0.5) is 0 Å². The molecular weight excluding hydrogens is 386 g/mol. The van der Waals surface area contributed by atoms with Gasteiger partial charge in [-0.15, -0.1) is 0 Å². The van der Waals surface area contributed by atoms with Crippen LogP contribution in [0.15, 0.2) is 29.5 Å². The summed E-state index contributed by atoms with van der Waals surface area (Å²) in [7, 11) is 0. The first kappa shape index (κ1) is 27.6. The zero-order chi connectivity index (χ0) is 22.6. The van der Waals surface area contributed by atoms with Crippen molar-refractivity contribution >= 4 is 11.8 Å². The maximum absolute atomic E-state index is 11.3. The van der Waals surface area contributed by atoms with Crippen LogP contribution in [0, 0.1) is 0 Å². The lowest BCUT2D eigenvalue weighted by Gasteiger charge is -2.30. The van der Waals surface area contributed by atoms with E-state index in [9.17, 15) is 9.90 Å². The summed E-state index contributed by atoms with van der Waals surface area (Å²) in [6, 6.07) is 0. The maximum Gasteiger partial charge on any atom is 0.360 e. The number of carbonyl (C=O) groups is 1. The molecule has 0 radical (unpaired) electrons. The number of aliphatic carboxylic acids is 1. The molecule has 178 valence electrons. The SMILES string of the molecule is CCCCCCCCCC/C=C/CCCCCCCC1=NC=C[N+]1(CCN)CC(=O)O. The number of nitrogens with zero attached hydrogens (tertiary/aromatic N) is 2. The van der Waals surface area contributed by atoms with Crippen molar-refractivity contribution in [2.45, 2.75) is 110 Å². The average Bonchev–Trinajstić information content (AvgIpc) is 3.11. The van der Waals surface area contributed by atoms with Gasteiger partial charge in [0.15, 0.2) is 6.54 Å². The first-order chi connectivity index (χ1) is 15.1. The Hall–Kier alpha value is -1.46. The number of rotatable bonds is 21. The Kier molecular flexibility index (Phi) is 16.1. The fourth-order valence-corrected chi connectivity index (χ4v) is 4.34. The van der Waals surface area contributed by atoms with Crippen LogP contribution in [-0.2, 0) is 4.79 Å². The molecule has 5 nitrogen and oxygen atoms in total. The van der Waals surface area contributed by atoms with Gasteiger partial charge in [0.25, 0.3) is 0 Å². The quantitative estimate of drug-likeness (QED) is 0.122. The molecule has 1 aliphatic heterocycles. The Morgan fingerprint density at radius 2 is 1.48 bits per heavy atom. The number of amidine groups is 1. The fourth-order valence-electron chi connectivity index (χ4n) is 4.34. The highest BCUT2D eigenvalue weighted by molar-refractivity contribution is 5.81. The van der Waals surface area contributed by atoms with Crippen LogP contribution in [0.25, 0.3) is 0 Å². The summed E-state index contributed by atoms with van der Waals surface area (Å²) >= 11 is 0. The lowest BCUT2D eigenvalue weighted by molar-refractivity contribution is -0.778. The van der Waals surface area contributed by atoms with Crippen molar-refractivity contribution in [3.63, 3.8) is 0 Å². The number of nitrogens with two attached hydrogens (primary N) is 1. The van der Waals surface area contributed by atoms with Gasteiger partial charge in [0.1, 0.15) is 12.7 Å². The van der Waals surface area contributed by atoms with Gasteiger partial charge in [0, 0.05) is 13.0 Å². The summed E-state index contributed by atoms with van der Waals surface area (Å²) in [6.45, 7) is 3.38. The van der Waals surface area contributed by atoms with Gasteiger partial charge in [-0.3, -0.25) is 0 Å². The lowest BCUT2D eigenvalue weighted by atomic mass is 10.1. The second-order valence-electron chi connectivity index (χ2n) is 8.98. The van der Waals surface area contributed by atoms with Crippen LogP contribution < -0.4 is 5.73 Å². The minimum atomic E-state index is -0.803. The summed E-state index contributed by atoms with van der Waals surface area (Å²) in [4.78, 5) is 15.7. The molecule has 0 aromatic rings. The van der Waals surface area contributed by atoms with Crippen molar-refractivity contribution < 1.29 is 14.4 Å². The smallest absolute Gasteiger partial charge is 0.360 e. The van der Waals surface area contributed by atoms with Crippen LogP contribution in [-0.4, -0.2) is 41.0 Å². The van der Waals surface area contributed by atoms with Crippen LogP contribution in [0.3, 0.4) is 0 Å². The minimum Gasteiger partial charge on any atom is -0.477 e. The Labute approximate surface area is 191 Å². The third-order valence-electron chi connectivity index (χ3n) is 6.20. The van der Waals surface area contributed by atoms with Gasteiger partial charge in [-0.25, -0.2) is 14.3 Å². The Morgan fingerprint density at radius 3 is 2.03 bits per heavy atom. The molecule has 3 N–H and O–H groups in total. The Morgan fingerprint density at radius 1 is 0.935 bits per heavy atom. The molecule has 5 heteroatoms. The number of carboxylic acids is 1. The van der Waals surface area contributed by atoms with E-state index in [1.165, 1.54) is 89.9 Å². The minimum absolute atomic E-state index is 0.0395. The second kappa shape index (κ2) is 18.1. The number of hydrogen-bond acceptors (Lipinski definition) is 3. The molecule has 0 spiro atoms. The lowest BCUT2D eigenvalue weighted by Crippen LogP contribution is -2.52. The molecule has 0 aromatic carbocycles. The van der Waals surface area contributed by atoms with E-state index in [-0.39, 0.29) is 6.54 Å². The monoisotopic (exact) mass is 434 g/mol. The highest BCUT2D eigenvalue weighted by Gasteiger charge is 2.36. The van der Waals surface area contributed by atoms with Crippen molar-refractivity contribution in [3.8, 4) is 0 Å². The van der Waals surface area contributed by atoms with Gasteiger partial charge in [0.05, 0.1) is 6.20 Å². The molecule has 31 heavy (non-hydrogen) atoms. The average molecular weight is 435 g/mol. The van der Waals surface area contributed by atoms with Crippen LogP contribution in [0.5, 0.6) is 0 Å². The van der Waals surface area contributed by atoms with Gasteiger partial charge < -0.3 is 10.8 Å². The Balaban J connectivity index is 1.98. The van der Waals surface area contributed by atoms with Gasteiger partial charge in [-0.05, 0) is 32.1 Å². The van der Waals surface area contributed by atoms with Crippen LogP contribution in [0.1, 0.15) is 110 Å². The standard InChI is InChI=1S/C26H47N3O2/c1-2-3-4-5-6-7-8-9-10-11-12-13-14-15-16-17-18-19-25-28-21-23-29(25,22-20-27)24-26(30)31/h11-12,21,23H,2-10,13-20,22,24,27H2,1H3/p+1/b12-11+. The molecule has 0 fully saturated rings. The van der Waals surface area contributed by atoms with E-state index in [1.54, 1.807) is 6.20 Å². The zero-order valence-electron chi connectivity index (χ0n) is 20.1. The van der Waals surface area contributed by atoms with Gasteiger partial charge in [-0.1, -0.05) is 83.3 Å². The number of unbranched alkanes of at least 4 members (excludes halogenated alkanes) is 13. The molecule has 0 bridgehead atoms. The molecule has 1 heterocycles. The Bertz CT molecular complexity index is 557. The van der Waals surface area contributed by atoms with Gasteiger partial charge >= 0.3 is 5.97 Å². The largest absolute Gasteiger partial charge is 0.477 e. The van der Waals surface area contributed by atoms with E-state index in [0.717, 1.165) is 18.7 Å². The van der Waals surface area contributed by atoms with Crippen molar-refractivity contribution in [2.75, 3.05) is 19.6 Å². The van der Waals surface area contributed by atoms with Gasteiger partial charge in [0.2, 0.25) is 5.84 Å². The van der Waals surface area contributed by atoms with E-state index in [2.05, 4.69) is 24.1 Å². The highest BCUT2D eigenvalue weighted by atomic mass is 16.4. The predicted octanol–water partition coefficient (Wildman–Crippen LogP) is 6.55. The third kappa shape index (κ3) is 12.9. The van der Waals surface area contributed by atoms with Crippen LogP contribution in [0.2, 0.25) is 0 Å². The molecule has 0 aromatic heterocycles. The summed E-state index contributed by atoms with van der Waals surface area (Å²) in [5, 5.41) is 9.25. The summed E-state index contributed by atoms with van der Waals surface area (Å²) < 4.78 is 0.301. The zero-order valence-corrected chi connectivity index (χ0v) is 20.1. The normalized spacial score (nSPS) is 18.2. The first-order valence-corrected chi connectivity index (χ1v) is 12.8. The summed E-state index contributed by atoms with van der Waals surface area (Å²) in [6.07, 6.45) is 28.8. The molecule has 1 aliphatic rings. The second-order valence-corrected chi connectivity index (χ2v) is 8.98. The summed E-state index contributed by atoms with van der Waals surface area (Å²) in [5.74, 6) is 0.153. The third-order valence-corrected chi connectivity index (χ3v) is 6.20. The van der Waals surface area contributed by atoms with E-state index in [1.807, 2.05) is 6.20 Å². The van der Waals surface area contributed by atoms with Crippen molar-refractivity contribution in [1.82, 2.24) is 0 Å². The molecule has 0 aliphatic carbocycles. The van der Waals surface area contributed by atoms with E-state index in [0.29, 0.717) is 17.6 Å². The fraction of sp³-hybridized carbons (Fsp3) is 0.769. The summed E-state index contributed by atoms with van der Waals surface area (Å²) in [5.41, 5.74) is 5.72. The molecule has 1 rings (SSSR count). The van der Waals surface area contributed by atoms with E-state index in [4.69, 9.17) is 5.73 Å². The van der Waals surface area contributed by atoms with Crippen LogP contribution >= 0.6 is 0 Å². The number of carboxylic acid groups (broad SMARTS) is 1. The molecular formula is C26H48N3O2+. The van der Waals surface area contributed by atoms with Crippen molar-refractivity contribution in [2.24, 2.45) is 10.7 Å². The molecule has 0 saturated heterocycles. The molecule has 0 saturated carbocycles. The maximum atomic E-state index is 11.3.